The number of benzene rings is 2. The SMILES string of the molecule is Cc1cccc(OCC(=O)Nc2ccc(N3CCCCC3)c(F)c2)c1C. The second-order valence-electron chi connectivity index (χ2n) is 6.75. The van der Waals surface area contributed by atoms with Crippen LogP contribution in [0, 0.1) is 19.7 Å². The first-order valence-electron chi connectivity index (χ1n) is 9.08. The summed E-state index contributed by atoms with van der Waals surface area (Å²) < 4.78 is 20.0. The highest BCUT2D eigenvalue weighted by Crippen LogP contribution is 2.26. The van der Waals surface area contributed by atoms with E-state index in [9.17, 15) is 9.18 Å². The van der Waals surface area contributed by atoms with E-state index in [1.54, 1.807) is 12.1 Å². The molecule has 1 amide bonds. The first-order chi connectivity index (χ1) is 12.5. The van der Waals surface area contributed by atoms with E-state index in [-0.39, 0.29) is 18.3 Å². The molecule has 1 fully saturated rings. The summed E-state index contributed by atoms with van der Waals surface area (Å²) in [6.07, 6.45) is 3.38. The maximum absolute atomic E-state index is 14.4. The van der Waals surface area contributed by atoms with Crippen LogP contribution in [0.2, 0.25) is 0 Å². The Hall–Kier alpha value is -2.56. The molecule has 1 aliphatic rings. The van der Waals surface area contributed by atoms with Gasteiger partial charge in [0.1, 0.15) is 11.6 Å². The molecule has 4 nitrogen and oxygen atoms in total. The lowest BCUT2D eigenvalue weighted by Crippen LogP contribution is -2.30. The minimum atomic E-state index is -0.309. The Morgan fingerprint density at radius 2 is 1.92 bits per heavy atom. The van der Waals surface area contributed by atoms with Gasteiger partial charge in [-0.25, -0.2) is 4.39 Å². The molecule has 0 bridgehead atoms. The first-order valence-corrected chi connectivity index (χ1v) is 9.08. The van der Waals surface area contributed by atoms with Crippen LogP contribution >= 0.6 is 0 Å². The molecule has 2 aromatic rings. The second-order valence-corrected chi connectivity index (χ2v) is 6.75. The lowest BCUT2D eigenvalue weighted by molar-refractivity contribution is -0.118. The minimum absolute atomic E-state index is 0.111. The zero-order chi connectivity index (χ0) is 18.5. The fourth-order valence-corrected chi connectivity index (χ4v) is 3.20. The third kappa shape index (κ3) is 4.34. The molecule has 0 aromatic heterocycles. The fraction of sp³-hybridized carbons (Fsp3) is 0.381. The van der Waals surface area contributed by atoms with Gasteiger partial charge in [0.15, 0.2) is 6.61 Å². The number of piperidine rings is 1. The summed E-state index contributed by atoms with van der Waals surface area (Å²) in [5.41, 5.74) is 3.17. The standard InChI is InChI=1S/C21H25FN2O2/c1-15-7-6-8-20(16(15)2)26-14-21(25)23-17-9-10-19(18(22)13-17)24-11-4-3-5-12-24/h6-10,13H,3-5,11-12,14H2,1-2H3,(H,23,25). The van der Waals surface area contributed by atoms with E-state index in [0.717, 1.165) is 37.1 Å². The number of amides is 1. The molecular formula is C21H25FN2O2. The Kier molecular flexibility index (Phi) is 5.76. The Morgan fingerprint density at radius 3 is 2.65 bits per heavy atom. The van der Waals surface area contributed by atoms with Gasteiger partial charge in [-0.05, 0) is 68.5 Å². The van der Waals surface area contributed by atoms with Crippen molar-refractivity contribution in [2.45, 2.75) is 33.1 Å². The first kappa shape index (κ1) is 18.2. The monoisotopic (exact) mass is 356 g/mol. The van der Waals surface area contributed by atoms with E-state index >= 15 is 0 Å². The highest BCUT2D eigenvalue weighted by Gasteiger charge is 2.15. The molecule has 3 rings (SSSR count). The van der Waals surface area contributed by atoms with Gasteiger partial charge in [-0.15, -0.1) is 0 Å². The largest absolute Gasteiger partial charge is 0.483 e. The van der Waals surface area contributed by atoms with E-state index < -0.39 is 0 Å². The van der Waals surface area contributed by atoms with Crippen LogP contribution in [-0.4, -0.2) is 25.6 Å². The average Bonchev–Trinajstić information content (AvgIpc) is 2.64. The summed E-state index contributed by atoms with van der Waals surface area (Å²) in [6.45, 7) is 5.60. The number of nitrogens with zero attached hydrogens (tertiary/aromatic N) is 1. The molecule has 0 spiro atoms. The molecule has 0 atom stereocenters. The van der Waals surface area contributed by atoms with Crippen LogP contribution in [-0.2, 0) is 4.79 Å². The lowest BCUT2D eigenvalue weighted by atomic mass is 10.1. The lowest BCUT2D eigenvalue weighted by Gasteiger charge is -2.29. The molecule has 5 heteroatoms. The van der Waals surface area contributed by atoms with E-state index in [2.05, 4.69) is 10.2 Å². The Bertz CT molecular complexity index is 786. The van der Waals surface area contributed by atoms with Crippen molar-refractivity contribution < 1.29 is 13.9 Å². The zero-order valence-electron chi connectivity index (χ0n) is 15.3. The summed E-state index contributed by atoms with van der Waals surface area (Å²) >= 11 is 0. The quantitative estimate of drug-likeness (QED) is 0.860. The van der Waals surface area contributed by atoms with Gasteiger partial charge in [-0.1, -0.05) is 12.1 Å². The van der Waals surface area contributed by atoms with Crippen LogP contribution in [0.1, 0.15) is 30.4 Å². The zero-order valence-corrected chi connectivity index (χ0v) is 15.3. The number of nitrogens with one attached hydrogen (secondary N) is 1. The molecule has 1 N–H and O–H groups in total. The summed E-state index contributed by atoms with van der Waals surface area (Å²) in [5.74, 6) is 0.0722. The third-order valence-electron chi connectivity index (χ3n) is 4.84. The van der Waals surface area contributed by atoms with Crippen molar-refractivity contribution in [3.8, 4) is 5.75 Å². The number of anilines is 2. The number of aryl methyl sites for hydroxylation is 1. The maximum Gasteiger partial charge on any atom is 0.262 e. The van der Waals surface area contributed by atoms with Crippen molar-refractivity contribution >= 4 is 17.3 Å². The summed E-state index contributed by atoms with van der Waals surface area (Å²) in [5, 5.41) is 2.69. The fourth-order valence-electron chi connectivity index (χ4n) is 3.20. The Labute approximate surface area is 154 Å². The van der Waals surface area contributed by atoms with Crippen LogP contribution < -0.4 is 15.0 Å². The van der Waals surface area contributed by atoms with Gasteiger partial charge in [-0.3, -0.25) is 4.79 Å². The molecule has 138 valence electrons. The van der Waals surface area contributed by atoms with Gasteiger partial charge in [0, 0.05) is 18.8 Å². The highest BCUT2D eigenvalue weighted by molar-refractivity contribution is 5.92. The van der Waals surface area contributed by atoms with E-state index in [1.165, 1.54) is 12.5 Å². The van der Waals surface area contributed by atoms with Crippen LogP contribution in [0.15, 0.2) is 36.4 Å². The van der Waals surface area contributed by atoms with Crippen molar-refractivity contribution in [1.29, 1.82) is 0 Å². The number of rotatable bonds is 5. The number of ether oxygens (including phenoxy) is 1. The number of halogens is 1. The minimum Gasteiger partial charge on any atom is -0.483 e. The molecule has 0 aliphatic carbocycles. The van der Waals surface area contributed by atoms with Gasteiger partial charge in [0.2, 0.25) is 0 Å². The van der Waals surface area contributed by atoms with Gasteiger partial charge in [0.25, 0.3) is 5.91 Å². The van der Waals surface area contributed by atoms with E-state index in [1.807, 2.05) is 32.0 Å². The van der Waals surface area contributed by atoms with Crippen molar-refractivity contribution in [2.24, 2.45) is 0 Å². The molecule has 2 aromatic carbocycles. The van der Waals surface area contributed by atoms with Crippen molar-refractivity contribution in [1.82, 2.24) is 0 Å². The molecule has 0 unspecified atom stereocenters. The van der Waals surface area contributed by atoms with Crippen molar-refractivity contribution in [2.75, 3.05) is 29.9 Å². The van der Waals surface area contributed by atoms with Crippen molar-refractivity contribution in [3.05, 3.63) is 53.3 Å². The number of hydrogen-bond donors (Lipinski definition) is 1. The number of hydrogen-bond acceptors (Lipinski definition) is 3. The smallest absolute Gasteiger partial charge is 0.262 e. The summed E-state index contributed by atoms with van der Waals surface area (Å²) in [4.78, 5) is 14.2. The predicted octanol–water partition coefficient (Wildman–Crippen LogP) is 4.45. The average molecular weight is 356 g/mol. The third-order valence-corrected chi connectivity index (χ3v) is 4.84. The molecule has 0 radical (unpaired) electrons. The molecule has 0 saturated carbocycles. The van der Waals surface area contributed by atoms with Gasteiger partial charge >= 0.3 is 0 Å². The molecule has 1 heterocycles. The normalized spacial score (nSPS) is 14.2. The highest BCUT2D eigenvalue weighted by atomic mass is 19.1. The van der Waals surface area contributed by atoms with Gasteiger partial charge in [-0.2, -0.15) is 0 Å². The molecular weight excluding hydrogens is 331 g/mol. The van der Waals surface area contributed by atoms with Crippen LogP contribution in [0.3, 0.4) is 0 Å². The summed E-state index contributed by atoms with van der Waals surface area (Å²) in [7, 11) is 0. The molecule has 1 saturated heterocycles. The molecule has 26 heavy (non-hydrogen) atoms. The number of carbonyl (C=O) groups is 1. The Balaban J connectivity index is 1.59. The van der Waals surface area contributed by atoms with E-state index in [4.69, 9.17) is 4.74 Å². The summed E-state index contributed by atoms with van der Waals surface area (Å²) in [6, 6.07) is 10.6. The van der Waals surface area contributed by atoms with Gasteiger partial charge < -0.3 is 15.0 Å². The van der Waals surface area contributed by atoms with Crippen LogP contribution in [0.25, 0.3) is 0 Å². The molecule has 1 aliphatic heterocycles. The second kappa shape index (κ2) is 8.21. The predicted molar refractivity (Wildman–Crippen MR) is 103 cm³/mol. The number of carbonyl (C=O) groups excluding carboxylic acids is 1. The van der Waals surface area contributed by atoms with E-state index in [0.29, 0.717) is 17.1 Å². The Morgan fingerprint density at radius 1 is 1.15 bits per heavy atom. The topological polar surface area (TPSA) is 41.6 Å². The van der Waals surface area contributed by atoms with Crippen LogP contribution in [0.4, 0.5) is 15.8 Å². The van der Waals surface area contributed by atoms with Gasteiger partial charge in [0.05, 0.1) is 5.69 Å². The van der Waals surface area contributed by atoms with Crippen molar-refractivity contribution in [3.63, 3.8) is 0 Å². The van der Waals surface area contributed by atoms with Crippen LogP contribution in [0.5, 0.6) is 5.75 Å². The maximum atomic E-state index is 14.4.